The molecule has 0 bridgehead atoms. The Kier molecular flexibility index (Phi) is 4.03. The smallest absolute Gasteiger partial charge is 0.228 e. The Balaban J connectivity index is 1.41. The Hall–Kier alpha value is -2.64. The van der Waals surface area contributed by atoms with Crippen LogP contribution in [0.3, 0.4) is 0 Å². The molecule has 0 spiro atoms. The molecule has 0 radical (unpaired) electrons. The van der Waals surface area contributed by atoms with Crippen LogP contribution in [0.25, 0.3) is 0 Å². The quantitative estimate of drug-likeness (QED) is 0.821. The number of aromatic nitrogens is 3. The SMILES string of the molecule is CCc1nnc2n1CCN(C(=O)[C@@H]1CC(=O)N(Cc3ccco3)C1)C2. The summed E-state index contributed by atoms with van der Waals surface area (Å²) in [4.78, 5) is 28.6. The Bertz CT molecular complexity index is 782. The van der Waals surface area contributed by atoms with Gasteiger partial charge in [-0.3, -0.25) is 9.59 Å². The van der Waals surface area contributed by atoms with E-state index < -0.39 is 0 Å². The average Bonchev–Trinajstić information content (AvgIpc) is 3.35. The Morgan fingerprint density at radius 1 is 1.36 bits per heavy atom. The molecule has 2 aliphatic heterocycles. The van der Waals surface area contributed by atoms with Gasteiger partial charge in [-0.15, -0.1) is 10.2 Å². The summed E-state index contributed by atoms with van der Waals surface area (Å²) in [6.45, 7) is 4.74. The number of rotatable bonds is 4. The standard InChI is InChI=1S/C17H21N5O3/c1-2-14-18-19-15-11-20(5-6-22(14)15)17(24)12-8-16(23)21(9-12)10-13-4-3-7-25-13/h3-4,7,12H,2,5-6,8-11H2,1H3/t12-/m1/s1. The van der Waals surface area contributed by atoms with Gasteiger partial charge >= 0.3 is 0 Å². The third kappa shape index (κ3) is 2.92. The van der Waals surface area contributed by atoms with E-state index in [9.17, 15) is 9.59 Å². The Labute approximate surface area is 145 Å². The lowest BCUT2D eigenvalue weighted by atomic mass is 10.1. The number of aryl methyl sites for hydroxylation is 1. The summed E-state index contributed by atoms with van der Waals surface area (Å²) in [6, 6.07) is 3.64. The molecule has 2 aromatic rings. The molecule has 8 heteroatoms. The average molecular weight is 343 g/mol. The molecule has 1 atom stereocenters. The van der Waals surface area contributed by atoms with Gasteiger partial charge in [-0.25, -0.2) is 0 Å². The summed E-state index contributed by atoms with van der Waals surface area (Å²) in [6.07, 6.45) is 2.69. The minimum absolute atomic E-state index is 0.00296. The second kappa shape index (κ2) is 6.34. The van der Waals surface area contributed by atoms with E-state index >= 15 is 0 Å². The molecule has 0 saturated carbocycles. The minimum Gasteiger partial charge on any atom is -0.467 e. The number of furan rings is 1. The highest BCUT2D eigenvalue weighted by Gasteiger charge is 2.38. The van der Waals surface area contributed by atoms with Crippen LogP contribution in [0.2, 0.25) is 0 Å². The number of hydrogen-bond donors (Lipinski definition) is 0. The first-order chi connectivity index (χ1) is 12.2. The van der Waals surface area contributed by atoms with Crippen molar-refractivity contribution < 1.29 is 14.0 Å². The number of likely N-dealkylation sites (tertiary alicyclic amines) is 1. The van der Waals surface area contributed by atoms with E-state index in [0.29, 0.717) is 32.7 Å². The van der Waals surface area contributed by atoms with E-state index in [2.05, 4.69) is 14.8 Å². The number of carbonyl (C=O) groups is 2. The van der Waals surface area contributed by atoms with Crippen molar-refractivity contribution in [3.05, 3.63) is 35.8 Å². The van der Waals surface area contributed by atoms with Crippen LogP contribution < -0.4 is 0 Å². The highest BCUT2D eigenvalue weighted by molar-refractivity contribution is 5.89. The third-order valence-corrected chi connectivity index (χ3v) is 4.95. The van der Waals surface area contributed by atoms with Gasteiger partial charge in [-0.05, 0) is 12.1 Å². The lowest BCUT2D eigenvalue weighted by Gasteiger charge is -2.29. The largest absolute Gasteiger partial charge is 0.467 e. The maximum Gasteiger partial charge on any atom is 0.228 e. The van der Waals surface area contributed by atoms with E-state index in [1.807, 2.05) is 13.0 Å². The fourth-order valence-electron chi connectivity index (χ4n) is 3.61. The van der Waals surface area contributed by atoms with Crippen LogP contribution in [0.5, 0.6) is 0 Å². The van der Waals surface area contributed by atoms with Gasteiger partial charge in [-0.2, -0.15) is 0 Å². The van der Waals surface area contributed by atoms with Crippen LogP contribution in [0.15, 0.2) is 22.8 Å². The van der Waals surface area contributed by atoms with Crippen LogP contribution in [0.1, 0.15) is 30.8 Å². The number of amides is 2. The van der Waals surface area contributed by atoms with Crippen molar-refractivity contribution in [2.75, 3.05) is 13.1 Å². The van der Waals surface area contributed by atoms with Crippen LogP contribution >= 0.6 is 0 Å². The van der Waals surface area contributed by atoms with Crippen LogP contribution in [-0.2, 0) is 35.6 Å². The van der Waals surface area contributed by atoms with E-state index in [-0.39, 0.29) is 24.2 Å². The zero-order chi connectivity index (χ0) is 17.4. The maximum absolute atomic E-state index is 12.8. The van der Waals surface area contributed by atoms with Gasteiger partial charge in [0.05, 0.1) is 25.3 Å². The summed E-state index contributed by atoms with van der Waals surface area (Å²) in [5.74, 6) is 2.27. The van der Waals surface area contributed by atoms with E-state index in [1.165, 1.54) is 0 Å². The van der Waals surface area contributed by atoms with Crippen LogP contribution in [-0.4, -0.2) is 49.5 Å². The third-order valence-electron chi connectivity index (χ3n) is 4.95. The van der Waals surface area contributed by atoms with Crippen molar-refractivity contribution in [3.63, 3.8) is 0 Å². The van der Waals surface area contributed by atoms with Gasteiger partial charge in [0.2, 0.25) is 11.8 Å². The minimum atomic E-state index is -0.289. The molecule has 2 aliphatic rings. The molecule has 0 aliphatic carbocycles. The number of fused-ring (bicyclic) bond motifs is 1. The molecule has 1 saturated heterocycles. The first-order valence-corrected chi connectivity index (χ1v) is 8.65. The predicted molar refractivity (Wildman–Crippen MR) is 87.0 cm³/mol. The maximum atomic E-state index is 12.8. The molecular formula is C17H21N5O3. The van der Waals surface area contributed by atoms with Crippen molar-refractivity contribution in [2.24, 2.45) is 5.92 Å². The van der Waals surface area contributed by atoms with Gasteiger partial charge in [0.1, 0.15) is 11.6 Å². The zero-order valence-electron chi connectivity index (χ0n) is 14.2. The van der Waals surface area contributed by atoms with Crippen molar-refractivity contribution in [1.29, 1.82) is 0 Å². The fraction of sp³-hybridized carbons (Fsp3) is 0.529. The molecular weight excluding hydrogens is 322 g/mol. The summed E-state index contributed by atoms with van der Waals surface area (Å²) >= 11 is 0. The molecule has 0 aromatic carbocycles. The summed E-state index contributed by atoms with van der Waals surface area (Å²) in [5, 5.41) is 8.37. The Morgan fingerprint density at radius 2 is 2.24 bits per heavy atom. The molecule has 1 fully saturated rings. The van der Waals surface area contributed by atoms with Crippen LogP contribution in [0.4, 0.5) is 0 Å². The van der Waals surface area contributed by atoms with Gasteiger partial charge in [0.25, 0.3) is 0 Å². The first-order valence-electron chi connectivity index (χ1n) is 8.65. The molecule has 4 heterocycles. The van der Waals surface area contributed by atoms with Gasteiger partial charge in [0, 0.05) is 32.5 Å². The number of nitrogens with zero attached hydrogens (tertiary/aromatic N) is 5. The highest BCUT2D eigenvalue weighted by atomic mass is 16.3. The van der Waals surface area contributed by atoms with E-state index in [1.54, 1.807) is 22.1 Å². The summed E-state index contributed by atoms with van der Waals surface area (Å²) in [5.41, 5.74) is 0. The highest BCUT2D eigenvalue weighted by Crippen LogP contribution is 2.24. The van der Waals surface area contributed by atoms with Crippen LogP contribution in [0, 0.1) is 5.92 Å². The molecule has 2 amide bonds. The van der Waals surface area contributed by atoms with Gasteiger partial charge in [0.15, 0.2) is 5.82 Å². The Morgan fingerprint density at radius 3 is 3.00 bits per heavy atom. The second-order valence-electron chi connectivity index (χ2n) is 6.55. The van der Waals surface area contributed by atoms with Gasteiger partial charge in [-0.1, -0.05) is 6.92 Å². The molecule has 0 N–H and O–H groups in total. The summed E-state index contributed by atoms with van der Waals surface area (Å²) in [7, 11) is 0. The first kappa shape index (κ1) is 15.9. The normalized spacial score (nSPS) is 20.2. The number of hydrogen-bond acceptors (Lipinski definition) is 5. The summed E-state index contributed by atoms with van der Waals surface area (Å²) < 4.78 is 7.39. The van der Waals surface area contributed by atoms with Crippen molar-refractivity contribution in [2.45, 2.75) is 39.4 Å². The monoisotopic (exact) mass is 343 g/mol. The van der Waals surface area contributed by atoms with E-state index in [4.69, 9.17) is 4.42 Å². The number of carbonyl (C=O) groups excluding carboxylic acids is 2. The molecule has 25 heavy (non-hydrogen) atoms. The van der Waals surface area contributed by atoms with Crippen molar-refractivity contribution >= 4 is 11.8 Å². The fourth-order valence-corrected chi connectivity index (χ4v) is 3.61. The molecule has 2 aromatic heterocycles. The topological polar surface area (TPSA) is 84.5 Å². The lowest BCUT2D eigenvalue weighted by molar-refractivity contribution is -0.137. The predicted octanol–water partition coefficient (Wildman–Crippen LogP) is 0.824. The van der Waals surface area contributed by atoms with Crippen molar-refractivity contribution in [1.82, 2.24) is 24.6 Å². The van der Waals surface area contributed by atoms with E-state index in [0.717, 1.165) is 23.8 Å². The molecule has 132 valence electrons. The molecule has 0 unspecified atom stereocenters. The second-order valence-corrected chi connectivity index (χ2v) is 6.55. The van der Waals surface area contributed by atoms with Gasteiger partial charge < -0.3 is 18.8 Å². The molecule has 4 rings (SSSR count). The molecule has 8 nitrogen and oxygen atoms in total. The zero-order valence-corrected chi connectivity index (χ0v) is 14.2. The lowest BCUT2D eigenvalue weighted by Crippen LogP contribution is -2.42. The van der Waals surface area contributed by atoms with Crippen molar-refractivity contribution in [3.8, 4) is 0 Å².